The lowest BCUT2D eigenvalue weighted by Crippen LogP contribution is -2.41. The zero-order chi connectivity index (χ0) is 13.5. The number of terminal acetylenes is 1. The first-order valence-electron chi connectivity index (χ1n) is 6.24. The number of hydrogen-bond acceptors (Lipinski definition) is 2. The summed E-state index contributed by atoms with van der Waals surface area (Å²) in [6, 6.07) is 7.27. The zero-order valence-electron chi connectivity index (χ0n) is 11.2. The molecule has 0 saturated carbocycles. The van der Waals surface area contributed by atoms with Crippen molar-refractivity contribution in [3.05, 3.63) is 29.8 Å². The molecule has 0 bridgehead atoms. The Morgan fingerprint density at radius 1 is 1.44 bits per heavy atom. The average molecular weight is 244 g/mol. The molecule has 3 heteroatoms. The summed E-state index contributed by atoms with van der Waals surface area (Å²) >= 11 is 0. The van der Waals surface area contributed by atoms with Crippen LogP contribution >= 0.6 is 0 Å². The van der Waals surface area contributed by atoms with E-state index in [2.05, 4.69) is 11.2 Å². The Kier molecular flexibility index (Phi) is 5.26. The fourth-order valence-corrected chi connectivity index (χ4v) is 1.82. The van der Waals surface area contributed by atoms with Crippen molar-refractivity contribution in [2.24, 2.45) is 0 Å². The maximum Gasteiger partial charge on any atom is 0.244 e. The second-order valence-corrected chi connectivity index (χ2v) is 4.10. The summed E-state index contributed by atoms with van der Waals surface area (Å²) < 4.78 is 0. The maximum absolute atomic E-state index is 12.1. The summed E-state index contributed by atoms with van der Waals surface area (Å²) in [5.74, 6) is 2.68. The zero-order valence-corrected chi connectivity index (χ0v) is 11.2. The summed E-state index contributed by atoms with van der Waals surface area (Å²) in [7, 11) is 0. The van der Waals surface area contributed by atoms with Crippen LogP contribution in [-0.4, -0.2) is 29.9 Å². The first kappa shape index (κ1) is 14.1. The predicted molar refractivity (Wildman–Crippen MR) is 75.4 cm³/mol. The van der Waals surface area contributed by atoms with E-state index in [1.54, 1.807) is 0 Å². The lowest BCUT2D eigenvalue weighted by atomic mass is 10.2. The third-order valence-corrected chi connectivity index (χ3v) is 2.86. The van der Waals surface area contributed by atoms with Gasteiger partial charge in [0, 0.05) is 24.3 Å². The van der Waals surface area contributed by atoms with Gasteiger partial charge in [-0.15, -0.1) is 6.42 Å². The van der Waals surface area contributed by atoms with Crippen LogP contribution in [0.5, 0.6) is 0 Å². The van der Waals surface area contributed by atoms with Gasteiger partial charge in [-0.1, -0.05) is 12.0 Å². The van der Waals surface area contributed by atoms with Crippen LogP contribution in [0.4, 0.5) is 5.69 Å². The average Bonchev–Trinajstić information content (AvgIpc) is 2.40. The van der Waals surface area contributed by atoms with E-state index in [1.807, 2.05) is 49.9 Å². The van der Waals surface area contributed by atoms with E-state index in [-0.39, 0.29) is 11.9 Å². The number of carbonyl (C=O) groups is 1. The van der Waals surface area contributed by atoms with E-state index in [4.69, 9.17) is 6.42 Å². The molecule has 18 heavy (non-hydrogen) atoms. The minimum Gasteiger partial charge on any atom is -0.374 e. The van der Waals surface area contributed by atoms with Gasteiger partial charge in [-0.3, -0.25) is 4.79 Å². The van der Waals surface area contributed by atoms with Gasteiger partial charge in [0.15, 0.2) is 0 Å². The molecule has 1 N–H and O–H groups in total. The smallest absolute Gasteiger partial charge is 0.244 e. The fraction of sp³-hybridized carbons (Fsp3) is 0.400. The highest BCUT2D eigenvalue weighted by Gasteiger charge is 2.17. The van der Waals surface area contributed by atoms with Crippen molar-refractivity contribution in [2.45, 2.75) is 26.8 Å². The summed E-state index contributed by atoms with van der Waals surface area (Å²) in [5.41, 5.74) is 1.68. The Bertz CT molecular complexity index is 444. The molecule has 1 aromatic rings. The minimum atomic E-state index is -0.252. The molecular formula is C15H20N2O. The van der Waals surface area contributed by atoms with Crippen LogP contribution in [0.3, 0.4) is 0 Å². The number of hydrogen-bond donors (Lipinski definition) is 1. The highest BCUT2D eigenvalue weighted by atomic mass is 16.2. The Labute approximate surface area is 109 Å². The molecule has 0 spiro atoms. The van der Waals surface area contributed by atoms with Gasteiger partial charge >= 0.3 is 0 Å². The molecule has 0 fully saturated rings. The van der Waals surface area contributed by atoms with E-state index in [9.17, 15) is 4.79 Å². The van der Waals surface area contributed by atoms with Gasteiger partial charge in [-0.2, -0.15) is 0 Å². The highest BCUT2D eigenvalue weighted by Crippen LogP contribution is 2.12. The molecule has 1 amide bonds. The Balaban J connectivity index is 2.72. The molecule has 1 atom stereocenters. The fourth-order valence-electron chi connectivity index (χ4n) is 1.82. The van der Waals surface area contributed by atoms with Crippen LogP contribution < -0.4 is 5.32 Å². The van der Waals surface area contributed by atoms with E-state index < -0.39 is 0 Å². The van der Waals surface area contributed by atoms with Crippen LogP contribution in [-0.2, 0) is 4.79 Å². The third-order valence-electron chi connectivity index (χ3n) is 2.86. The lowest BCUT2D eigenvalue weighted by Gasteiger charge is -2.24. The van der Waals surface area contributed by atoms with Gasteiger partial charge in [0.25, 0.3) is 0 Å². The second kappa shape index (κ2) is 6.70. The van der Waals surface area contributed by atoms with Gasteiger partial charge in [0.1, 0.15) is 6.04 Å². The van der Waals surface area contributed by atoms with E-state index in [0.717, 1.165) is 24.3 Å². The van der Waals surface area contributed by atoms with E-state index >= 15 is 0 Å². The van der Waals surface area contributed by atoms with Gasteiger partial charge in [-0.05, 0) is 39.0 Å². The molecule has 0 aliphatic heterocycles. The minimum absolute atomic E-state index is 0.103. The summed E-state index contributed by atoms with van der Waals surface area (Å²) in [6.07, 6.45) is 5.35. The molecule has 0 heterocycles. The van der Waals surface area contributed by atoms with Crippen LogP contribution in [0.25, 0.3) is 0 Å². The topological polar surface area (TPSA) is 32.3 Å². The van der Waals surface area contributed by atoms with Crippen LogP contribution in [0.1, 0.15) is 26.3 Å². The van der Waals surface area contributed by atoms with E-state index in [0.29, 0.717) is 0 Å². The van der Waals surface area contributed by atoms with Crippen LogP contribution in [0.15, 0.2) is 24.3 Å². The molecular weight excluding hydrogens is 224 g/mol. The highest BCUT2D eigenvalue weighted by molar-refractivity contribution is 5.84. The number of nitrogens with zero attached hydrogens (tertiary/aromatic N) is 1. The molecule has 0 aliphatic carbocycles. The number of amides is 1. The molecule has 0 saturated heterocycles. The first-order chi connectivity index (χ1) is 8.62. The van der Waals surface area contributed by atoms with Crippen LogP contribution in [0.2, 0.25) is 0 Å². The number of benzene rings is 1. The number of rotatable bonds is 5. The standard InChI is InChI=1S/C15H20N2O/c1-5-13-9-8-10-14(11-13)16-12(4)15(18)17(6-2)7-3/h1,8-12,16H,6-7H2,2-4H3. The third kappa shape index (κ3) is 3.53. The van der Waals surface area contributed by atoms with Crippen molar-refractivity contribution in [2.75, 3.05) is 18.4 Å². The summed E-state index contributed by atoms with van der Waals surface area (Å²) in [5, 5.41) is 3.18. The van der Waals surface area contributed by atoms with Crippen molar-refractivity contribution in [3.8, 4) is 12.3 Å². The van der Waals surface area contributed by atoms with E-state index in [1.165, 1.54) is 0 Å². The van der Waals surface area contributed by atoms with Crippen molar-refractivity contribution >= 4 is 11.6 Å². The maximum atomic E-state index is 12.1. The molecule has 0 radical (unpaired) electrons. The SMILES string of the molecule is C#Cc1cccc(NC(C)C(=O)N(CC)CC)c1. The largest absolute Gasteiger partial charge is 0.374 e. The Hall–Kier alpha value is -1.95. The Morgan fingerprint density at radius 3 is 2.67 bits per heavy atom. The molecule has 1 aromatic carbocycles. The van der Waals surface area contributed by atoms with Crippen molar-refractivity contribution < 1.29 is 4.79 Å². The lowest BCUT2D eigenvalue weighted by molar-refractivity contribution is -0.131. The number of carbonyl (C=O) groups excluding carboxylic acids is 1. The van der Waals surface area contributed by atoms with Crippen LogP contribution in [0, 0.1) is 12.3 Å². The van der Waals surface area contributed by atoms with Crippen molar-refractivity contribution in [1.82, 2.24) is 4.90 Å². The molecule has 3 nitrogen and oxygen atoms in total. The van der Waals surface area contributed by atoms with Gasteiger partial charge in [0.05, 0.1) is 0 Å². The summed E-state index contributed by atoms with van der Waals surface area (Å²) in [6.45, 7) is 7.28. The molecule has 0 aromatic heterocycles. The van der Waals surface area contributed by atoms with Gasteiger partial charge < -0.3 is 10.2 Å². The molecule has 1 unspecified atom stereocenters. The number of nitrogens with one attached hydrogen (secondary N) is 1. The summed E-state index contributed by atoms with van der Waals surface area (Å²) in [4.78, 5) is 13.9. The quantitative estimate of drug-likeness (QED) is 0.806. The number of likely N-dealkylation sites (N-methyl/N-ethyl adjacent to an activating group) is 1. The van der Waals surface area contributed by atoms with Crippen molar-refractivity contribution in [1.29, 1.82) is 0 Å². The first-order valence-corrected chi connectivity index (χ1v) is 6.24. The van der Waals surface area contributed by atoms with Crippen molar-refractivity contribution in [3.63, 3.8) is 0 Å². The second-order valence-electron chi connectivity index (χ2n) is 4.10. The Morgan fingerprint density at radius 2 is 2.11 bits per heavy atom. The molecule has 96 valence electrons. The monoisotopic (exact) mass is 244 g/mol. The molecule has 1 rings (SSSR count). The molecule has 0 aliphatic rings. The predicted octanol–water partition coefficient (Wildman–Crippen LogP) is 2.34. The van der Waals surface area contributed by atoms with Gasteiger partial charge in [0.2, 0.25) is 5.91 Å². The van der Waals surface area contributed by atoms with Gasteiger partial charge in [-0.25, -0.2) is 0 Å². The normalized spacial score (nSPS) is 11.4. The number of anilines is 1.